The molecule has 0 aliphatic heterocycles. The fraction of sp³-hybridized carbons (Fsp3) is 0.0833. The quantitative estimate of drug-likeness (QED) is 0.713. The molecule has 16 heavy (non-hydrogen) atoms. The van der Waals surface area contributed by atoms with Crippen molar-refractivity contribution >= 4 is 5.78 Å². The highest BCUT2D eigenvalue weighted by Crippen LogP contribution is 2.14. The molecule has 0 saturated heterocycles. The first-order valence-corrected chi connectivity index (χ1v) is 4.77. The molecule has 2 rings (SSSR count). The number of nitriles is 1. The van der Waals surface area contributed by atoms with Crippen molar-refractivity contribution < 1.29 is 4.79 Å². The number of carbonyl (C=O) groups is 1. The molecular formula is C12H9N3O. The van der Waals surface area contributed by atoms with E-state index in [2.05, 4.69) is 5.10 Å². The van der Waals surface area contributed by atoms with E-state index in [0.717, 1.165) is 0 Å². The Bertz CT molecular complexity index is 578. The number of hydrogen-bond donors (Lipinski definition) is 0. The number of para-hydroxylation sites is 1. The monoisotopic (exact) mass is 211 g/mol. The Hall–Kier alpha value is -2.41. The van der Waals surface area contributed by atoms with Crippen LogP contribution in [0.15, 0.2) is 36.7 Å². The van der Waals surface area contributed by atoms with E-state index in [1.807, 2.05) is 12.1 Å². The minimum atomic E-state index is -0.0235. The van der Waals surface area contributed by atoms with Gasteiger partial charge in [0, 0.05) is 11.8 Å². The van der Waals surface area contributed by atoms with Gasteiger partial charge in [-0.25, -0.2) is 4.68 Å². The molecule has 4 nitrogen and oxygen atoms in total. The van der Waals surface area contributed by atoms with Crippen molar-refractivity contribution in [2.24, 2.45) is 0 Å². The summed E-state index contributed by atoms with van der Waals surface area (Å²) in [5, 5.41) is 12.7. The lowest BCUT2D eigenvalue weighted by Gasteiger charge is -2.05. The summed E-state index contributed by atoms with van der Waals surface area (Å²) in [6.45, 7) is 1.51. The normalized spacial score (nSPS) is 9.75. The summed E-state index contributed by atoms with van der Waals surface area (Å²) in [6, 6.07) is 9.16. The van der Waals surface area contributed by atoms with Gasteiger partial charge in [-0.3, -0.25) is 4.79 Å². The van der Waals surface area contributed by atoms with Crippen LogP contribution in [0.1, 0.15) is 22.8 Å². The second kappa shape index (κ2) is 3.99. The molecule has 0 atom stereocenters. The van der Waals surface area contributed by atoms with E-state index in [-0.39, 0.29) is 5.78 Å². The summed E-state index contributed by atoms with van der Waals surface area (Å²) in [7, 11) is 0. The number of hydrogen-bond acceptors (Lipinski definition) is 3. The van der Waals surface area contributed by atoms with Crippen LogP contribution >= 0.6 is 0 Å². The van der Waals surface area contributed by atoms with Crippen LogP contribution in [-0.2, 0) is 0 Å². The van der Waals surface area contributed by atoms with Gasteiger partial charge in [-0.1, -0.05) is 12.1 Å². The number of Topliss-reactive ketones (excluding diaryl/α,β-unsaturated/α-hetero) is 1. The van der Waals surface area contributed by atoms with Crippen LogP contribution in [0.2, 0.25) is 0 Å². The third kappa shape index (κ3) is 1.71. The zero-order chi connectivity index (χ0) is 11.5. The molecule has 0 aliphatic carbocycles. The molecule has 0 spiro atoms. The Balaban J connectivity index is 2.56. The number of aromatic nitrogens is 2. The Morgan fingerprint density at radius 2 is 2.19 bits per heavy atom. The van der Waals surface area contributed by atoms with E-state index in [1.165, 1.54) is 17.8 Å². The van der Waals surface area contributed by atoms with Gasteiger partial charge in [-0.15, -0.1) is 0 Å². The van der Waals surface area contributed by atoms with E-state index < -0.39 is 0 Å². The minimum absolute atomic E-state index is 0.0235. The fourth-order valence-electron chi connectivity index (χ4n) is 1.48. The van der Waals surface area contributed by atoms with E-state index in [0.29, 0.717) is 16.8 Å². The maximum absolute atomic E-state index is 11.4. The standard InChI is InChI=1S/C12H9N3O/c1-9(16)11-4-2-3-5-12(11)15-8-10(6-13)7-14-15/h2-5,7-8H,1H3. The highest BCUT2D eigenvalue weighted by atomic mass is 16.1. The smallest absolute Gasteiger partial charge is 0.161 e. The molecule has 0 saturated carbocycles. The van der Waals surface area contributed by atoms with Crippen LogP contribution in [0, 0.1) is 11.3 Å². The SMILES string of the molecule is CC(=O)c1ccccc1-n1cc(C#N)cn1. The first-order chi connectivity index (χ1) is 7.72. The van der Waals surface area contributed by atoms with Crippen molar-refractivity contribution in [2.45, 2.75) is 6.92 Å². The number of carbonyl (C=O) groups excluding carboxylic acids is 1. The summed E-state index contributed by atoms with van der Waals surface area (Å²) >= 11 is 0. The molecule has 1 aromatic carbocycles. The Morgan fingerprint density at radius 1 is 1.44 bits per heavy atom. The van der Waals surface area contributed by atoms with Gasteiger partial charge in [0.25, 0.3) is 0 Å². The van der Waals surface area contributed by atoms with Gasteiger partial charge in [0.05, 0.1) is 17.4 Å². The van der Waals surface area contributed by atoms with Gasteiger partial charge >= 0.3 is 0 Å². The summed E-state index contributed by atoms with van der Waals surface area (Å²) in [4.78, 5) is 11.4. The summed E-state index contributed by atoms with van der Waals surface area (Å²) in [6.07, 6.45) is 3.07. The van der Waals surface area contributed by atoms with Crippen molar-refractivity contribution in [3.05, 3.63) is 47.8 Å². The van der Waals surface area contributed by atoms with Gasteiger partial charge in [-0.05, 0) is 19.1 Å². The second-order valence-corrected chi connectivity index (χ2v) is 3.36. The molecule has 0 aliphatic rings. The van der Waals surface area contributed by atoms with Crippen molar-refractivity contribution in [1.82, 2.24) is 9.78 Å². The van der Waals surface area contributed by atoms with Crippen LogP contribution in [-0.4, -0.2) is 15.6 Å². The Morgan fingerprint density at radius 3 is 2.81 bits per heavy atom. The van der Waals surface area contributed by atoms with Gasteiger partial charge in [0.2, 0.25) is 0 Å². The third-order valence-electron chi connectivity index (χ3n) is 2.24. The molecule has 2 aromatic rings. The van der Waals surface area contributed by atoms with E-state index in [9.17, 15) is 4.79 Å². The molecule has 0 amide bonds. The summed E-state index contributed by atoms with van der Waals surface area (Å²) in [5.74, 6) is -0.0235. The molecular weight excluding hydrogens is 202 g/mol. The van der Waals surface area contributed by atoms with Gasteiger partial charge in [-0.2, -0.15) is 10.4 Å². The minimum Gasteiger partial charge on any atom is -0.294 e. The largest absolute Gasteiger partial charge is 0.294 e. The van der Waals surface area contributed by atoms with Crippen LogP contribution in [0.25, 0.3) is 5.69 Å². The van der Waals surface area contributed by atoms with Crippen LogP contribution < -0.4 is 0 Å². The summed E-state index contributed by atoms with van der Waals surface area (Å²) < 4.78 is 1.54. The number of rotatable bonds is 2. The Kier molecular flexibility index (Phi) is 2.52. The number of benzene rings is 1. The molecule has 0 unspecified atom stereocenters. The van der Waals surface area contributed by atoms with E-state index in [4.69, 9.17) is 5.26 Å². The summed E-state index contributed by atoms with van der Waals surface area (Å²) in [5.41, 5.74) is 1.75. The lowest BCUT2D eigenvalue weighted by molar-refractivity contribution is 0.101. The van der Waals surface area contributed by atoms with Gasteiger partial charge in [0.15, 0.2) is 5.78 Å². The Labute approximate surface area is 92.7 Å². The second-order valence-electron chi connectivity index (χ2n) is 3.36. The molecule has 4 heteroatoms. The number of ketones is 1. The molecule has 0 fully saturated rings. The van der Waals surface area contributed by atoms with Crippen molar-refractivity contribution in [2.75, 3.05) is 0 Å². The predicted octanol–water partition coefficient (Wildman–Crippen LogP) is 1.95. The zero-order valence-corrected chi connectivity index (χ0v) is 8.71. The van der Waals surface area contributed by atoms with Crippen LogP contribution in [0.4, 0.5) is 0 Å². The molecule has 0 bridgehead atoms. The lowest BCUT2D eigenvalue weighted by atomic mass is 10.1. The molecule has 1 heterocycles. The first kappa shape index (κ1) is 10.1. The van der Waals surface area contributed by atoms with Crippen LogP contribution in [0.3, 0.4) is 0 Å². The average molecular weight is 211 g/mol. The predicted molar refractivity (Wildman–Crippen MR) is 58.3 cm³/mol. The van der Waals surface area contributed by atoms with Gasteiger partial charge in [0.1, 0.15) is 6.07 Å². The van der Waals surface area contributed by atoms with Crippen molar-refractivity contribution in [1.29, 1.82) is 5.26 Å². The highest BCUT2D eigenvalue weighted by Gasteiger charge is 2.08. The maximum Gasteiger partial charge on any atom is 0.161 e. The lowest BCUT2D eigenvalue weighted by Crippen LogP contribution is -2.03. The topological polar surface area (TPSA) is 58.7 Å². The zero-order valence-electron chi connectivity index (χ0n) is 8.71. The van der Waals surface area contributed by atoms with Gasteiger partial charge < -0.3 is 0 Å². The van der Waals surface area contributed by atoms with Crippen LogP contribution in [0.5, 0.6) is 0 Å². The van der Waals surface area contributed by atoms with E-state index in [1.54, 1.807) is 24.4 Å². The van der Waals surface area contributed by atoms with Crippen molar-refractivity contribution in [3.63, 3.8) is 0 Å². The molecule has 0 radical (unpaired) electrons. The first-order valence-electron chi connectivity index (χ1n) is 4.77. The third-order valence-corrected chi connectivity index (χ3v) is 2.24. The van der Waals surface area contributed by atoms with Crippen molar-refractivity contribution in [3.8, 4) is 11.8 Å². The highest BCUT2D eigenvalue weighted by molar-refractivity contribution is 5.97. The molecule has 0 N–H and O–H groups in total. The fourth-order valence-corrected chi connectivity index (χ4v) is 1.48. The number of nitrogens with zero attached hydrogens (tertiary/aromatic N) is 3. The average Bonchev–Trinajstić information content (AvgIpc) is 2.77. The molecule has 78 valence electrons. The molecule has 1 aromatic heterocycles. The maximum atomic E-state index is 11.4. The van der Waals surface area contributed by atoms with E-state index >= 15 is 0 Å².